The number of methoxy groups -OCH3 is 1. The van der Waals surface area contributed by atoms with Gasteiger partial charge in [-0.3, -0.25) is 0 Å². The van der Waals surface area contributed by atoms with Crippen molar-refractivity contribution in [3.05, 3.63) is 29.3 Å². The monoisotopic (exact) mass is 212 g/mol. The number of benzene rings is 1. The molecule has 0 saturated heterocycles. The van der Waals surface area contributed by atoms with Crippen molar-refractivity contribution in [2.24, 2.45) is 0 Å². The summed E-state index contributed by atoms with van der Waals surface area (Å²) in [7, 11) is 1.52. The molecule has 2 rings (SSSR count). The molecule has 0 spiro atoms. The van der Waals surface area contributed by atoms with Crippen molar-refractivity contribution in [2.45, 2.75) is 31.6 Å². The van der Waals surface area contributed by atoms with E-state index in [1.807, 2.05) is 12.1 Å². The molecular formula is C12H14F2O. The summed E-state index contributed by atoms with van der Waals surface area (Å²) >= 11 is 0. The van der Waals surface area contributed by atoms with Gasteiger partial charge in [-0.05, 0) is 18.1 Å². The van der Waals surface area contributed by atoms with Crippen molar-refractivity contribution >= 4 is 0 Å². The van der Waals surface area contributed by atoms with Crippen molar-refractivity contribution in [2.75, 3.05) is 7.11 Å². The lowest BCUT2D eigenvalue weighted by Crippen LogP contribution is -2.30. The van der Waals surface area contributed by atoms with Crippen molar-refractivity contribution in [3.63, 3.8) is 0 Å². The first-order valence-corrected chi connectivity index (χ1v) is 5.10. The highest BCUT2D eigenvalue weighted by atomic mass is 19.3. The number of fused-ring (bicyclic) bond motifs is 1. The first-order valence-electron chi connectivity index (χ1n) is 5.10. The Kier molecular flexibility index (Phi) is 2.41. The van der Waals surface area contributed by atoms with Crippen LogP contribution in [0.5, 0.6) is 5.75 Å². The van der Waals surface area contributed by atoms with E-state index in [4.69, 9.17) is 4.74 Å². The Morgan fingerprint density at radius 2 is 2.13 bits per heavy atom. The molecule has 0 heterocycles. The summed E-state index contributed by atoms with van der Waals surface area (Å²) in [5.41, 5.74) is 1.67. The molecule has 0 bridgehead atoms. The number of hydrogen-bond acceptors (Lipinski definition) is 1. The average Bonchev–Trinajstić information content (AvgIpc) is 2.23. The van der Waals surface area contributed by atoms with E-state index in [0.29, 0.717) is 17.7 Å². The maximum Gasteiger partial charge on any atom is 0.255 e. The van der Waals surface area contributed by atoms with Crippen LogP contribution in [0.15, 0.2) is 18.2 Å². The fourth-order valence-corrected chi connectivity index (χ4v) is 2.21. The van der Waals surface area contributed by atoms with Gasteiger partial charge < -0.3 is 4.74 Å². The molecule has 1 aromatic rings. The van der Waals surface area contributed by atoms with Gasteiger partial charge in [-0.15, -0.1) is 0 Å². The summed E-state index contributed by atoms with van der Waals surface area (Å²) in [5, 5.41) is 0. The molecule has 0 fully saturated rings. The Bertz CT molecular complexity index is 360. The van der Waals surface area contributed by atoms with E-state index in [1.54, 1.807) is 13.0 Å². The van der Waals surface area contributed by atoms with Gasteiger partial charge in [-0.25, -0.2) is 8.78 Å². The molecule has 15 heavy (non-hydrogen) atoms. The second-order valence-electron chi connectivity index (χ2n) is 4.02. The Hall–Kier alpha value is -1.12. The number of ether oxygens (including phenoxy) is 1. The van der Waals surface area contributed by atoms with Crippen LogP contribution in [0, 0.1) is 0 Å². The zero-order valence-electron chi connectivity index (χ0n) is 8.89. The van der Waals surface area contributed by atoms with Gasteiger partial charge in [0.1, 0.15) is 5.75 Å². The topological polar surface area (TPSA) is 9.23 Å². The fraction of sp³-hybridized carbons (Fsp3) is 0.500. The van der Waals surface area contributed by atoms with Gasteiger partial charge in [0.25, 0.3) is 5.92 Å². The molecule has 1 aliphatic rings. The molecular weight excluding hydrogens is 198 g/mol. The molecule has 1 aromatic carbocycles. The molecule has 0 N–H and O–H groups in total. The van der Waals surface area contributed by atoms with Crippen molar-refractivity contribution in [1.29, 1.82) is 0 Å². The lowest BCUT2D eigenvalue weighted by atomic mass is 9.80. The number of halogens is 2. The van der Waals surface area contributed by atoms with Crippen LogP contribution in [0.3, 0.4) is 0 Å². The molecule has 0 aliphatic heterocycles. The zero-order chi connectivity index (χ0) is 11.1. The van der Waals surface area contributed by atoms with Gasteiger partial charge >= 0.3 is 0 Å². The number of aryl methyl sites for hydroxylation is 1. The van der Waals surface area contributed by atoms with Crippen LogP contribution >= 0.6 is 0 Å². The minimum atomic E-state index is -2.61. The normalized spacial score (nSPS) is 23.3. The summed E-state index contributed by atoms with van der Waals surface area (Å²) in [5.74, 6) is -2.78. The lowest BCUT2D eigenvalue weighted by molar-refractivity contribution is -0.0367. The van der Waals surface area contributed by atoms with Crippen molar-refractivity contribution in [1.82, 2.24) is 0 Å². The minimum Gasteiger partial charge on any atom is -0.496 e. The predicted octanol–water partition coefficient (Wildman–Crippen LogP) is 3.38. The highest BCUT2D eigenvalue weighted by Crippen LogP contribution is 2.46. The third-order valence-electron chi connectivity index (χ3n) is 3.17. The molecule has 0 radical (unpaired) electrons. The highest BCUT2D eigenvalue weighted by molar-refractivity contribution is 5.45. The molecule has 82 valence electrons. The van der Waals surface area contributed by atoms with Crippen LogP contribution in [0.2, 0.25) is 0 Å². The molecule has 1 unspecified atom stereocenters. The maximum atomic E-state index is 13.5. The van der Waals surface area contributed by atoms with Gasteiger partial charge in [-0.2, -0.15) is 0 Å². The van der Waals surface area contributed by atoms with Crippen LogP contribution in [-0.4, -0.2) is 13.0 Å². The SMILES string of the molecule is COc1cccc2c1C(C)C(F)(F)CC2. The Morgan fingerprint density at radius 3 is 2.80 bits per heavy atom. The van der Waals surface area contributed by atoms with Gasteiger partial charge in [-0.1, -0.05) is 19.1 Å². The second kappa shape index (κ2) is 3.47. The van der Waals surface area contributed by atoms with E-state index in [1.165, 1.54) is 7.11 Å². The molecule has 1 aliphatic carbocycles. The fourth-order valence-electron chi connectivity index (χ4n) is 2.21. The second-order valence-corrected chi connectivity index (χ2v) is 4.02. The van der Waals surface area contributed by atoms with E-state index in [0.717, 1.165) is 5.56 Å². The summed E-state index contributed by atoms with van der Waals surface area (Å²) < 4.78 is 32.2. The quantitative estimate of drug-likeness (QED) is 0.693. The predicted molar refractivity (Wildman–Crippen MR) is 54.7 cm³/mol. The first kappa shape index (κ1) is 10.4. The maximum absolute atomic E-state index is 13.5. The van der Waals surface area contributed by atoms with Crippen LogP contribution in [-0.2, 0) is 6.42 Å². The van der Waals surface area contributed by atoms with Crippen molar-refractivity contribution < 1.29 is 13.5 Å². The summed E-state index contributed by atoms with van der Waals surface area (Å²) in [6.07, 6.45) is 0.373. The Balaban J connectivity index is 2.53. The third-order valence-corrected chi connectivity index (χ3v) is 3.17. The molecule has 0 saturated carbocycles. The van der Waals surface area contributed by atoms with Crippen molar-refractivity contribution in [3.8, 4) is 5.75 Å². The number of rotatable bonds is 1. The highest BCUT2D eigenvalue weighted by Gasteiger charge is 2.42. The standard InChI is InChI=1S/C12H14F2O/c1-8-11-9(6-7-12(8,13)14)4-3-5-10(11)15-2/h3-5,8H,6-7H2,1-2H3. The van der Waals surface area contributed by atoms with E-state index in [-0.39, 0.29) is 6.42 Å². The summed E-state index contributed by atoms with van der Waals surface area (Å²) in [6, 6.07) is 5.51. The molecule has 1 atom stereocenters. The van der Waals surface area contributed by atoms with Gasteiger partial charge in [0.15, 0.2) is 0 Å². The molecule has 1 nitrogen and oxygen atoms in total. The summed E-state index contributed by atoms with van der Waals surface area (Å²) in [4.78, 5) is 0. The first-order chi connectivity index (χ1) is 7.06. The smallest absolute Gasteiger partial charge is 0.255 e. The van der Waals surface area contributed by atoms with Crippen LogP contribution in [0.1, 0.15) is 30.4 Å². The third kappa shape index (κ3) is 1.60. The van der Waals surface area contributed by atoms with Gasteiger partial charge in [0.2, 0.25) is 0 Å². The average molecular weight is 212 g/mol. The summed E-state index contributed by atoms with van der Waals surface area (Å²) in [6.45, 7) is 1.57. The van der Waals surface area contributed by atoms with Gasteiger partial charge in [0.05, 0.1) is 7.11 Å². The lowest BCUT2D eigenvalue weighted by Gasteiger charge is -2.32. The Morgan fingerprint density at radius 1 is 1.40 bits per heavy atom. The zero-order valence-corrected chi connectivity index (χ0v) is 8.89. The van der Waals surface area contributed by atoms with Gasteiger partial charge in [0, 0.05) is 17.9 Å². The number of hydrogen-bond donors (Lipinski definition) is 0. The Labute approximate surface area is 88.1 Å². The number of alkyl halides is 2. The van der Waals surface area contributed by atoms with E-state index in [9.17, 15) is 8.78 Å². The van der Waals surface area contributed by atoms with Crippen LogP contribution in [0.25, 0.3) is 0 Å². The van der Waals surface area contributed by atoms with E-state index < -0.39 is 11.8 Å². The van der Waals surface area contributed by atoms with E-state index in [2.05, 4.69) is 0 Å². The molecule has 0 amide bonds. The van der Waals surface area contributed by atoms with Crippen LogP contribution in [0.4, 0.5) is 8.78 Å². The molecule has 3 heteroatoms. The molecule has 0 aromatic heterocycles. The van der Waals surface area contributed by atoms with E-state index >= 15 is 0 Å². The largest absolute Gasteiger partial charge is 0.496 e. The minimum absolute atomic E-state index is 0.0612. The van der Waals surface area contributed by atoms with Crippen LogP contribution < -0.4 is 4.74 Å².